The summed E-state index contributed by atoms with van der Waals surface area (Å²) >= 11 is 0. The minimum absolute atomic E-state index is 0. The van der Waals surface area contributed by atoms with E-state index in [1.54, 1.807) is 25.6 Å². The molecular weight excluding hydrogens is 395 g/mol. The molecule has 0 aliphatic rings. The molecule has 2 N–H and O–H groups in total. The molecule has 0 amide bonds. The van der Waals surface area contributed by atoms with Crippen LogP contribution in [0.4, 0.5) is 0 Å². The molecule has 8 heteroatoms. The summed E-state index contributed by atoms with van der Waals surface area (Å²) < 4.78 is 7.37. The lowest BCUT2D eigenvalue weighted by molar-refractivity contribution is 0.320. The van der Waals surface area contributed by atoms with Gasteiger partial charge in [-0.3, -0.25) is 14.7 Å². The Morgan fingerprint density at radius 1 is 1.32 bits per heavy atom. The second-order valence-electron chi connectivity index (χ2n) is 4.34. The summed E-state index contributed by atoms with van der Waals surface area (Å²) in [7, 11) is 3.65. The van der Waals surface area contributed by atoms with Crippen molar-refractivity contribution in [3.63, 3.8) is 0 Å². The Kier molecular flexibility index (Phi) is 8.26. The molecular formula is C14H21IN6O. The maximum Gasteiger partial charge on any atom is 0.191 e. The molecule has 2 aromatic heterocycles. The zero-order chi connectivity index (χ0) is 14.9. The number of hydrogen-bond donors (Lipinski definition) is 2. The number of nitrogens with one attached hydrogen (secondary N) is 2. The van der Waals surface area contributed by atoms with E-state index in [0.29, 0.717) is 19.7 Å². The van der Waals surface area contributed by atoms with E-state index < -0.39 is 0 Å². The van der Waals surface area contributed by atoms with E-state index in [2.05, 4.69) is 25.7 Å². The van der Waals surface area contributed by atoms with Gasteiger partial charge in [0.1, 0.15) is 12.4 Å². The van der Waals surface area contributed by atoms with Crippen LogP contribution in [0.5, 0.6) is 5.75 Å². The first-order valence-electron chi connectivity index (χ1n) is 6.74. The highest BCUT2D eigenvalue weighted by atomic mass is 127. The van der Waals surface area contributed by atoms with Crippen LogP contribution < -0.4 is 15.4 Å². The van der Waals surface area contributed by atoms with Crippen molar-refractivity contribution in [3.05, 3.63) is 42.5 Å². The van der Waals surface area contributed by atoms with E-state index in [4.69, 9.17) is 4.74 Å². The number of aromatic nitrogens is 3. The predicted molar refractivity (Wildman–Crippen MR) is 96.6 cm³/mol. The Bertz CT molecular complexity index is 572. The van der Waals surface area contributed by atoms with Gasteiger partial charge in [-0.05, 0) is 18.2 Å². The van der Waals surface area contributed by atoms with Gasteiger partial charge < -0.3 is 15.4 Å². The number of ether oxygens (including phenoxy) is 1. The fraction of sp³-hybridized carbons (Fsp3) is 0.357. The maximum atomic E-state index is 5.55. The van der Waals surface area contributed by atoms with E-state index in [-0.39, 0.29) is 24.0 Å². The Labute approximate surface area is 147 Å². The van der Waals surface area contributed by atoms with Crippen LogP contribution in [0.25, 0.3) is 0 Å². The Morgan fingerprint density at radius 2 is 2.18 bits per heavy atom. The molecule has 2 aromatic rings. The number of nitrogens with zero attached hydrogens (tertiary/aromatic N) is 4. The van der Waals surface area contributed by atoms with Gasteiger partial charge in [-0.15, -0.1) is 24.0 Å². The zero-order valence-electron chi connectivity index (χ0n) is 12.7. The summed E-state index contributed by atoms with van der Waals surface area (Å²) in [5.74, 6) is 1.49. The lowest BCUT2D eigenvalue weighted by Gasteiger charge is -2.12. The van der Waals surface area contributed by atoms with Crippen molar-refractivity contribution in [1.82, 2.24) is 25.4 Å². The quantitative estimate of drug-likeness (QED) is 0.320. The highest BCUT2D eigenvalue weighted by Gasteiger charge is 2.01. The van der Waals surface area contributed by atoms with Crippen molar-refractivity contribution in [1.29, 1.82) is 0 Å². The maximum absolute atomic E-state index is 5.55. The van der Waals surface area contributed by atoms with Gasteiger partial charge in [0.15, 0.2) is 5.96 Å². The highest BCUT2D eigenvalue weighted by molar-refractivity contribution is 14.0. The van der Waals surface area contributed by atoms with Crippen LogP contribution in [0.15, 0.2) is 41.8 Å². The summed E-state index contributed by atoms with van der Waals surface area (Å²) in [5.41, 5.74) is 1.09. The van der Waals surface area contributed by atoms with Crippen molar-refractivity contribution in [2.75, 3.05) is 20.2 Å². The molecule has 7 nitrogen and oxygen atoms in total. The van der Waals surface area contributed by atoms with Crippen LogP contribution in [0.3, 0.4) is 0 Å². The SMILES string of the molecule is CN=C(NCCOc1cccnc1)NCc1ccnn1C.I. The standard InChI is InChI=1S/C14H20N6O.HI/c1-15-14(18-10-12-5-7-19-20(12)2)17-8-9-21-13-4-3-6-16-11-13;/h3-7,11H,8-10H2,1-2H3,(H2,15,17,18);1H. The number of guanidine groups is 1. The van der Waals surface area contributed by atoms with Gasteiger partial charge in [0, 0.05) is 26.5 Å². The van der Waals surface area contributed by atoms with Crippen LogP contribution >= 0.6 is 24.0 Å². The number of rotatable bonds is 6. The molecule has 0 unspecified atom stereocenters. The molecule has 2 heterocycles. The van der Waals surface area contributed by atoms with Gasteiger partial charge >= 0.3 is 0 Å². The molecule has 0 spiro atoms. The molecule has 0 bridgehead atoms. The van der Waals surface area contributed by atoms with Crippen LogP contribution in [0.2, 0.25) is 0 Å². The van der Waals surface area contributed by atoms with Gasteiger partial charge in [0.2, 0.25) is 0 Å². The van der Waals surface area contributed by atoms with Crippen molar-refractivity contribution in [3.8, 4) is 5.75 Å². The van der Waals surface area contributed by atoms with Crippen LogP contribution in [0, 0.1) is 0 Å². The molecule has 0 saturated carbocycles. The summed E-state index contributed by atoms with van der Waals surface area (Å²) in [6.07, 6.45) is 5.18. The molecule has 22 heavy (non-hydrogen) atoms. The van der Waals surface area contributed by atoms with E-state index in [0.717, 1.165) is 17.4 Å². The Morgan fingerprint density at radius 3 is 2.82 bits per heavy atom. The van der Waals surface area contributed by atoms with E-state index in [1.807, 2.05) is 29.9 Å². The zero-order valence-corrected chi connectivity index (χ0v) is 15.0. The fourth-order valence-electron chi connectivity index (χ4n) is 1.74. The second-order valence-corrected chi connectivity index (χ2v) is 4.34. The predicted octanol–water partition coefficient (Wildman–Crippen LogP) is 1.18. The summed E-state index contributed by atoms with van der Waals surface area (Å²) in [4.78, 5) is 8.15. The third-order valence-corrected chi connectivity index (χ3v) is 2.88. The molecule has 0 aromatic carbocycles. The molecule has 0 atom stereocenters. The molecule has 2 rings (SSSR count). The Hall–Kier alpha value is -1.84. The first-order chi connectivity index (χ1) is 10.3. The largest absolute Gasteiger partial charge is 0.490 e. The van der Waals surface area contributed by atoms with E-state index in [1.165, 1.54) is 0 Å². The minimum Gasteiger partial charge on any atom is -0.490 e. The van der Waals surface area contributed by atoms with Gasteiger partial charge in [0.25, 0.3) is 0 Å². The molecule has 120 valence electrons. The molecule has 0 fully saturated rings. The molecule has 0 aliphatic heterocycles. The average Bonchev–Trinajstić information content (AvgIpc) is 2.93. The van der Waals surface area contributed by atoms with Crippen molar-refractivity contribution in [2.24, 2.45) is 12.0 Å². The second kappa shape index (κ2) is 9.98. The van der Waals surface area contributed by atoms with Crippen molar-refractivity contribution < 1.29 is 4.74 Å². The topological polar surface area (TPSA) is 76.4 Å². The van der Waals surface area contributed by atoms with Crippen molar-refractivity contribution >= 4 is 29.9 Å². The van der Waals surface area contributed by atoms with Gasteiger partial charge in [0.05, 0.1) is 25.0 Å². The summed E-state index contributed by atoms with van der Waals surface area (Å²) in [5, 5.41) is 10.5. The smallest absolute Gasteiger partial charge is 0.191 e. The van der Waals surface area contributed by atoms with Gasteiger partial charge in [-0.1, -0.05) is 0 Å². The molecule has 0 aliphatic carbocycles. The van der Waals surface area contributed by atoms with E-state index >= 15 is 0 Å². The van der Waals surface area contributed by atoms with Gasteiger partial charge in [-0.25, -0.2) is 0 Å². The number of halogens is 1. The first kappa shape index (κ1) is 18.2. The summed E-state index contributed by atoms with van der Waals surface area (Å²) in [6, 6.07) is 5.69. The van der Waals surface area contributed by atoms with Crippen LogP contribution in [-0.2, 0) is 13.6 Å². The Balaban J connectivity index is 0.00000242. The third-order valence-electron chi connectivity index (χ3n) is 2.88. The number of pyridine rings is 1. The van der Waals surface area contributed by atoms with E-state index in [9.17, 15) is 0 Å². The van der Waals surface area contributed by atoms with Crippen LogP contribution in [0.1, 0.15) is 5.69 Å². The number of aryl methyl sites for hydroxylation is 1. The van der Waals surface area contributed by atoms with Gasteiger partial charge in [-0.2, -0.15) is 5.10 Å². The summed E-state index contributed by atoms with van der Waals surface area (Å²) in [6.45, 7) is 1.86. The first-order valence-corrected chi connectivity index (χ1v) is 6.74. The monoisotopic (exact) mass is 416 g/mol. The number of hydrogen-bond acceptors (Lipinski definition) is 4. The van der Waals surface area contributed by atoms with Crippen molar-refractivity contribution in [2.45, 2.75) is 6.54 Å². The third kappa shape index (κ3) is 5.88. The van der Waals surface area contributed by atoms with Crippen LogP contribution in [-0.4, -0.2) is 40.9 Å². The lowest BCUT2D eigenvalue weighted by atomic mass is 10.4. The average molecular weight is 416 g/mol. The normalized spacial score (nSPS) is 10.7. The minimum atomic E-state index is 0. The highest BCUT2D eigenvalue weighted by Crippen LogP contribution is 2.04. The number of aliphatic imine (C=N–C) groups is 1. The fourth-order valence-corrected chi connectivity index (χ4v) is 1.74. The lowest BCUT2D eigenvalue weighted by Crippen LogP contribution is -2.39. The molecule has 0 saturated heterocycles. The molecule has 0 radical (unpaired) electrons.